The molecule has 3 heteroatoms. The molecule has 0 aliphatic heterocycles. The second-order valence-electron chi connectivity index (χ2n) is 1.80. The van der Waals surface area contributed by atoms with E-state index in [4.69, 9.17) is 0 Å². The molecule has 0 aliphatic rings. The minimum Gasteiger partial charge on any atom is -0.227 e. The van der Waals surface area contributed by atoms with Gasteiger partial charge in [0, 0.05) is 6.07 Å². The van der Waals surface area contributed by atoms with Crippen molar-refractivity contribution in [1.29, 1.82) is 0 Å². The van der Waals surface area contributed by atoms with Crippen LogP contribution in [0.15, 0.2) is 35.6 Å². The molecule has 0 fully saturated rings. The van der Waals surface area contributed by atoms with Crippen molar-refractivity contribution < 1.29 is 4.57 Å². The average molecular weight is 153 g/mol. The predicted molar refractivity (Wildman–Crippen MR) is 41.5 cm³/mol. The van der Waals surface area contributed by atoms with E-state index in [2.05, 4.69) is 11.6 Å². The molecule has 0 radical (unpaired) electrons. The second-order valence-corrected chi connectivity index (χ2v) is 2.73. The monoisotopic (exact) mass is 153 g/mol. The van der Waals surface area contributed by atoms with E-state index in [0.717, 1.165) is 5.16 Å². The molecule has 0 N–H and O–H groups in total. The Morgan fingerprint density at radius 2 is 2.60 bits per heavy atom. The van der Waals surface area contributed by atoms with Gasteiger partial charge in [-0.3, -0.25) is 0 Å². The van der Waals surface area contributed by atoms with Crippen LogP contribution in [-0.4, -0.2) is 4.98 Å². The van der Waals surface area contributed by atoms with Crippen LogP contribution in [0.25, 0.3) is 0 Å². The standard InChI is InChI=1S/C7H9N2S/c1-3-10-7-8-5-4-6-9(7)2/h3-6H,1H2,2H3/q+1. The molecular weight excluding hydrogens is 144 g/mol. The van der Waals surface area contributed by atoms with Gasteiger partial charge in [0.1, 0.15) is 6.20 Å². The topological polar surface area (TPSA) is 16.8 Å². The molecule has 0 saturated heterocycles. The molecule has 1 aromatic rings. The lowest BCUT2D eigenvalue weighted by Crippen LogP contribution is -2.30. The normalized spacial score (nSPS) is 9.30. The first-order chi connectivity index (χ1) is 4.84. The molecule has 10 heavy (non-hydrogen) atoms. The number of thioether (sulfide) groups is 1. The Hall–Kier alpha value is -0.830. The van der Waals surface area contributed by atoms with E-state index in [0.29, 0.717) is 0 Å². The van der Waals surface area contributed by atoms with E-state index in [-0.39, 0.29) is 0 Å². The van der Waals surface area contributed by atoms with Gasteiger partial charge in [0.25, 0.3) is 0 Å². The molecule has 0 saturated carbocycles. The first kappa shape index (κ1) is 7.28. The van der Waals surface area contributed by atoms with Crippen molar-refractivity contribution >= 4 is 11.8 Å². The fourth-order valence-corrected chi connectivity index (χ4v) is 1.12. The lowest BCUT2D eigenvalue weighted by molar-refractivity contribution is -0.713. The smallest absolute Gasteiger partial charge is 0.227 e. The highest BCUT2D eigenvalue weighted by molar-refractivity contribution is 8.01. The molecule has 1 rings (SSSR count). The quantitative estimate of drug-likeness (QED) is 0.360. The van der Waals surface area contributed by atoms with E-state index in [1.165, 1.54) is 11.8 Å². The first-order valence-electron chi connectivity index (χ1n) is 2.93. The number of aromatic nitrogens is 2. The van der Waals surface area contributed by atoms with E-state index >= 15 is 0 Å². The summed E-state index contributed by atoms with van der Waals surface area (Å²) >= 11 is 1.52. The van der Waals surface area contributed by atoms with Gasteiger partial charge in [0.15, 0.2) is 0 Å². The Kier molecular flexibility index (Phi) is 2.45. The number of aryl methyl sites for hydroxylation is 1. The third-order valence-corrected chi connectivity index (χ3v) is 1.84. The SMILES string of the molecule is C=CSc1nccc[n+]1C. The molecule has 0 unspecified atom stereocenters. The summed E-state index contributed by atoms with van der Waals surface area (Å²) in [6.45, 7) is 3.61. The fourth-order valence-electron chi connectivity index (χ4n) is 0.617. The highest BCUT2D eigenvalue weighted by atomic mass is 32.2. The highest BCUT2D eigenvalue weighted by Gasteiger charge is 2.03. The van der Waals surface area contributed by atoms with Gasteiger partial charge >= 0.3 is 5.16 Å². The van der Waals surface area contributed by atoms with E-state index < -0.39 is 0 Å². The van der Waals surface area contributed by atoms with Crippen molar-refractivity contribution in [2.45, 2.75) is 5.16 Å². The molecule has 0 amide bonds. The lowest BCUT2D eigenvalue weighted by Gasteiger charge is -1.90. The summed E-state index contributed by atoms with van der Waals surface area (Å²) in [5.74, 6) is 0. The maximum Gasteiger partial charge on any atom is 0.363 e. The van der Waals surface area contributed by atoms with Gasteiger partial charge in [0.05, 0.1) is 13.2 Å². The maximum absolute atomic E-state index is 4.12. The van der Waals surface area contributed by atoms with Crippen LogP contribution >= 0.6 is 11.8 Å². The van der Waals surface area contributed by atoms with Crippen LogP contribution in [0.2, 0.25) is 0 Å². The van der Waals surface area contributed by atoms with Crippen molar-refractivity contribution in [3.05, 3.63) is 30.4 Å². The first-order valence-corrected chi connectivity index (χ1v) is 3.81. The molecule has 0 aliphatic carbocycles. The summed E-state index contributed by atoms with van der Waals surface area (Å²) in [6, 6.07) is 1.90. The van der Waals surface area contributed by atoms with Crippen LogP contribution in [-0.2, 0) is 7.05 Å². The molecule has 0 aromatic carbocycles. The summed E-state index contributed by atoms with van der Waals surface area (Å²) in [5, 5.41) is 2.72. The van der Waals surface area contributed by atoms with E-state index in [1.807, 2.05) is 23.9 Å². The van der Waals surface area contributed by atoms with Crippen molar-refractivity contribution in [3.8, 4) is 0 Å². The van der Waals surface area contributed by atoms with Gasteiger partial charge in [-0.2, -0.15) is 0 Å². The second kappa shape index (κ2) is 3.37. The average Bonchev–Trinajstić information content (AvgIpc) is 1.94. The molecule has 52 valence electrons. The number of nitrogens with zero attached hydrogens (tertiary/aromatic N) is 2. The molecule has 0 bridgehead atoms. The zero-order valence-corrected chi connectivity index (χ0v) is 6.64. The van der Waals surface area contributed by atoms with Crippen LogP contribution in [0.3, 0.4) is 0 Å². The van der Waals surface area contributed by atoms with Crippen LogP contribution < -0.4 is 4.57 Å². The van der Waals surface area contributed by atoms with Gasteiger partial charge in [0.2, 0.25) is 0 Å². The third kappa shape index (κ3) is 1.57. The zero-order valence-electron chi connectivity index (χ0n) is 5.82. The number of rotatable bonds is 2. The maximum atomic E-state index is 4.12. The number of hydrogen-bond donors (Lipinski definition) is 0. The van der Waals surface area contributed by atoms with Crippen LogP contribution in [0.1, 0.15) is 0 Å². The van der Waals surface area contributed by atoms with Crippen LogP contribution in [0.5, 0.6) is 0 Å². The molecule has 1 heterocycles. The Morgan fingerprint density at radius 3 is 3.20 bits per heavy atom. The summed E-state index contributed by atoms with van der Waals surface area (Å²) in [4.78, 5) is 4.12. The van der Waals surface area contributed by atoms with Crippen LogP contribution in [0.4, 0.5) is 0 Å². The van der Waals surface area contributed by atoms with Gasteiger partial charge in [-0.05, 0) is 22.2 Å². The third-order valence-electron chi connectivity index (χ3n) is 1.07. The van der Waals surface area contributed by atoms with Crippen molar-refractivity contribution in [2.24, 2.45) is 7.05 Å². The van der Waals surface area contributed by atoms with Gasteiger partial charge < -0.3 is 0 Å². The Balaban J connectivity index is 2.91. The summed E-state index contributed by atoms with van der Waals surface area (Å²) < 4.78 is 1.95. The Labute approximate surface area is 64.6 Å². The minimum absolute atomic E-state index is 0.956. The van der Waals surface area contributed by atoms with Crippen molar-refractivity contribution in [2.75, 3.05) is 0 Å². The Bertz CT molecular complexity index is 235. The Morgan fingerprint density at radius 1 is 1.80 bits per heavy atom. The minimum atomic E-state index is 0.956. The van der Waals surface area contributed by atoms with Gasteiger partial charge in [-0.15, -0.1) is 0 Å². The fraction of sp³-hybridized carbons (Fsp3) is 0.143. The molecule has 1 aromatic heterocycles. The number of hydrogen-bond acceptors (Lipinski definition) is 2. The van der Waals surface area contributed by atoms with Crippen LogP contribution in [0, 0.1) is 0 Å². The zero-order chi connectivity index (χ0) is 7.40. The summed E-state index contributed by atoms with van der Waals surface area (Å²) in [6.07, 6.45) is 3.73. The highest BCUT2D eigenvalue weighted by Crippen LogP contribution is 2.08. The van der Waals surface area contributed by atoms with Crippen molar-refractivity contribution in [1.82, 2.24) is 4.98 Å². The lowest BCUT2D eigenvalue weighted by atomic mass is 10.7. The predicted octanol–water partition coefficient (Wildman–Crippen LogP) is 1.14. The van der Waals surface area contributed by atoms with Crippen molar-refractivity contribution in [3.63, 3.8) is 0 Å². The summed E-state index contributed by atoms with van der Waals surface area (Å²) in [7, 11) is 1.96. The van der Waals surface area contributed by atoms with Gasteiger partial charge in [-0.1, -0.05) is 6.58 Å². The van der Waals surface area contributed by atoms with Gasteiger partial charge in [-0.25, -0.2) is 4.57 Å². The molecule has 2 nitrogen and oxygen atoms in total. The van der Waals surface area contributed by atoms with E-state index in [9.17, 15) is 0 Å². The largest absolute Gasteiger partial charge is 0.363 e. The molecule has 0 spiro atoms. The molecular formula is C7H9N2S+. The summed E-state index contributed by atoms with van der Waals surface area (Å²) in [5.41, 5.74) is 0. The van der Waals surface area contributed by atoms with E-state index in [1.54, 1.807) is 11.6 Å². The molecule has 0 atom stereocenters.